The van der Waals surface area contributed by atoms with Gasteiger partial charge in [-0.3, -0.25) is 0 Å². The Morgan fingerprint density at radius 3 is 1.03 bits per heavy atom. The summed E-state index contributed by atoms with van der Waals surface area (Å²) in [5.74, 6) is 0. The monoisotopic (exact) mass is 462 g/mol. The van der Waals surface area contributed by atoms with Crippen molar-refractivity contribution in [3.63, 3.8) is 0 Å². The summed E-state index contributed by atoms with van der Waals surface area (Å²) in [7, 11) is 0. The molecule has 32 heavy (non-hydrogen) atoms. The number of hydrogen-bond donors (Lipinski definition) is 0. The van der Waals surface area contributed by atoms with Gasteiger partial charge in [-0.05, 0) is 91.5 Å². The van der Waals surface area contributed by atoms with Gasteiger partial charge >= 0.3 is 0 Å². The molecule has 0 unspecified atom stereocenters. The summed E-state index contributed by atoms with van der Waals surface area (Å²) in [6.45, 7) is 22.4. The molecule has 0 saturated carbocycles. The summed E-state index contributed by atoms with van der Waals surface area (Å²) in [6, 6.07) is 9.22. The number of aryl methyl sites for hydroxylation is 6. The third-order valence-electron chi connectivity index (χ3n) is 6.50. The van der Waals surface area contributed by atoms with Crippen LogP contribution in [-0.2, 0) is 0 Å². The van der Waals surface area contributed by atoms with Crippen molar-refractivity contribution in [3.05, 3.63) is 88.9 Å². The molecule has 0 atom stereocenters. The van der Waals surface area contributed by atoms with Gasteiger partial charge in [0.15, 0.2) is 0 Å². The number of anilines is 2. The first-order valence-corrected chi connectivity index (χ1v) is 12.9. The van der Waals surface area contributed by atoms with E-state index in [1.165, 1.54) is 76.0 Å². The van der Waals surface area contributed by atoms with Crippen molar-refractivity contribution in [1.29, 1.82) is 0 Å². The van der Waals surface area contributed by atoms with Crippen molar-refractivity contribution in [2.24, 2.45) is 0 Å². The molecule has 0 bridgehead atoms. The lowest BCUT2D eigenvalue weighted by Gasteiger charge is -2.31. The van der Waals surface area contributed by atoms with Crippen molar-refractivity contribution < 1.29 is 0 Å². The first-order chi connectivity index (χ1) is 15.0. The maximum atomic E-state index is 2.50. The fourth-order valence-electron chi connectivity index (χ4n) is 5.02. The van der Waals surface area contributed by atoms with Crippen LogP contribution < -0.4 is 9.80 Å². The van der Waals surface area contributed by atoms with Crippen LogP contribution in [0, 0.1) is 41.5 Å². The minimum absolute atomic E-state index is 1.32. The van der Waals surface area contributed by atoms with Gasteiger partial charge in [0.2, 0.25) is 0 Å². The van der Waals surface area contributed by atoms with Gasteiger partial charge in [0, 0.05) is 21.2 Å². The van der Waals surface area contributed by atoms with Gasteiger partial charge < -0.3 is 9.80 Å². The Labute approximate surface area is 202 Å². The molecule has 2 aromatic carbocycles. The normalized spacial score (nSPS) is 19.2. The van der Waals surface area contributed by atoms with E-state index in [9.17, 15) is 0 Å². The molecule has 0 aromatic heterocycles. The predicted octanol–water partition coefficient (Wildman–Crippen LogP) is 8.97. The third kappa shape index (κ3) is 3.72. The lowest BCUT2D eigenvalue weighted by atomic mass is 10.0. The van der Waals surface area contributed by atoms with Gasteiger partial charge in [0.25, 0.3) is 0 Å². The number of benzene rings is 2. The Morgan fingerprint density at radius 2 is 0.750 bits per heavy atom. The Bertz CT molecular complexity index is 1090. The van der Waals surface area contributed by atoms with E-state index >= 15 is 0 Å². The number of rotatable bonds is 2. The number of nitrogens with zero attached hydrogens (tertiary/aromatic N) is 2. The van der Waals surface area contributed by atoms with Crippen molar-refractivity contribution in [3.8, 4) is 0 Å². The average molecular weight is 463 g/mol. The van der Waals surface area contributed by atoms with Crippen LogP contribution in [0.2, 0.25) is 0 Å². The molecule has 0 radical (unpaired) electrons. The van der Waals surface area contributed by atoms with E-state index in [-0.39, 0.29) is 0 Å². The summed E-state index contributed by atoms with van der Waals surface area (Å²) in [5.41, 5.74) is 13.2. The van der Waals surface area contributed by atoms with Crippen molar-refractivity contribution in [2.75, 3.05) is 9.80 Å². The Morgan fingerprint density at radius 1 is 0.469 bits per heavy atom. The number of hydrogen-bond acceptors (Lipinski definition) is 4. The second-order valence-electron chi connectivity index (χ2n) is 9.26. The van der Waals surface area contributed by atoms with E-state index in [0.29, 0.717) is 0 Å². The third-order valence-corrected chi connectivity index (χ3v) is 8.97. The topological polar surface area (TPSA) is 6.48 Å². The van der Waals surface area contributed by atoms with E-state index in [2.05, 4.69) is 103 Å². The molecule has 0 spiro atoms. The van der Waals surface area contributed by atoms with E-state index < -0.39 is 0 Å². The van der Waals surface area contributed by atoms with Crippen LogP contribution in [-0.4, -0.2) is 0 Å². The summed E-state index contributed by atoms with van der Waals surface area (Å²) in [5, 5.41) is 2.63. The second kappa shape index (κ2) is 8.39. The van der Waals surface area contributed by atoms with Crippen LogP contribution in [0.25, 0.3) is 0 Å². The highest BCUT2D eigenvalue weighted by atomic mass is 32.2. The molecule has 0 N–H and O–H groups in total. The van der Waals surface area contributed by atoms with Crippen LogP contribution in [0.4, 0.5) is 11.4 Å². The highest BCUT2D eigenvalue weighted by Gasteiger charge is 2.36. The van der Waals surface area contributed by atoms with E-state index in [0.717, 1.165) is 0 Å². The second-order valence-corrected chi connectivity index (χ2v) is 11.7. The highest BCUT2D eigenvalue weighted by molar-refractivity contribution is 8.10. The Kier molecular flexibility index (Phi) is 6.06. The van der Waals surface area contributed by atoms with Gasteiger partial charge in [-0.25, -0.2) is 0 Å². The molecule has 2 aromatic rings. The predicted molar refractivity (Wildman–Crippen MR) is 145 cm³/mol. The largest absolute Gasteiger partial charge is 0.305 e. The quantitative estimate of drug-likeness (QED) is 0.439. The van der Waals surface area contributed by atoms with E-state index in [1.807, 2.05) is 23.5 Å². The average Bonchev–Trinajstić information content (AvgIpc) is 3.12. The van der Waals surface area contributed by atoms with Gasteiger partial charge in [-0.15, -0.1) is 0 Å². The Balaban J connectivity index is 1.97. The summed E-state index contributed by atoms with van der Waals surface area (Å²) in [6.07, 6.45) is 0. The zero-order valence-electron chi connectivity index (χ0n) is 21.0. The fraction of sp³-hybridized carbons (Fsp3) is 0.357. The molecule has 2 nitrogen and oxygen atoms in total. The molecule has 2 aliphatic heterocycles. The minimum Gasteiger partial charge on any atom is -0.305 e. The molecule has 0 fully saturated rings. The fourth-order valence-corrected chi connectivity index (χ4v) is 7.32. The maximum absolute atomic E-state index is 2.50. The first-order valence-electron chi connectivity index (χ1n) is 11.2. The zero-order valence-corrected chi connectivity index (χ0v) is 22.7. The lowest BCUT2D eigenvalue weighted by molar-refractivity contribution is 1.06. The molecule has 0 aliphatic carbocycles. The van der Waals surface area contributed by atoms with Gasteiger partial charge in [-0.1, -0.05) is 58.9 Å². The molecule has 2 heterocycles. The van der Waals surface area contributed by atoms with Crippen LogP contribution in [0.5, 0.6) is 0 Å². The molecule has 4 rings (SSSR count). The molecule has 2 aliphatic rings. The molecule has 0 saturated heterocycles. The van der Waals surface area contributed by atoms with E-state index in [4.69, 9.17) is 0 Å². The van der Waals surface area contributed by atoms with Crippen LogP contribution in [0.3, 0.4) is 0 Å². The highest BCUT2D eigenvalue weighted by Crippen LogP contribution is 2.54. The van der Waals surface area contributed by atoms with Crippen molar-refractivity contribution in [1.82, 2.24) is 0 Å². The van der Waals surface area contributed by atoms with Crippen LogP contribution in [0.1, 0.15) is 61.1 Å². The standard InChI is InChI=1S/C28H34N2S2/c1-15-11-17(3)25(18(4)12-15)29-21(7)23(9)31-27(29)28-30(22(8)24(10)32-28)26-19(5)13-16(2)14-20(26)6/h11-14H,1-10H3/b28-27+. The van der Waals surface area contributed by atoms with Crippen molar-refractivity contribution >= 4 is 34.9 Å². The summed E-state index contributed by atoms with van der Waals surface area (Å²) < 4.78 is 0. The molecule has 0 amide bonds. The number of thioether (sulfide) groups is 2. The SMILES string of the molecule is CC1=C(C)N(c2c(C)cc(C)cc2C)/C(=C2\SC(C)=C(C)N2c2c(C)cc(C)cc2C)S1. The molecule has 168 valence electrons. The molecule has 4 heteroatoms. The lowest BCUT2D eigenvalue weighted by Crippen LogP contribution is -2.24. The summed E-state index contributed by atoms with van der Waals surface area (Å²) in [4.78, 5) is 7.74. The van der Waals surface area contributed by atoms with Gasteiger partial charge in [0.05, 0.1) is 11.4 Å². The Hall–Kier alpha value is -2.04. The smallest absolute Gasteiger partial charge is 0.116 e. The van der Waals surface area contributed by atoms with Crippen LogP contribution >= 0.6 is 23.5 Å². The zero-order chi connectivity index (χ0) is 23.5. The number of allylic oxidation sites excluding steroid dienone is 4. The minimum atomic E-state index is 1.32. The van der Waals surface area contributed by atoms with Gasteiger partial charge in [0.1, 0.15) is 10.1 Å². The maximum Gasteiger partial charge on any atom is 0.116 e. The molecular formula is C28H34N2S2. The van der Waals surface area contributed by atoms with Crippen LogP contribution in [0.15, 0.2) is 55.5 Å². The van der Waals surface area contributed by atoms with Gasteiger partial charge in [-0.2, -0.15) is 0 Å². The molecular weight excluding hydrogens is 428 g/mol. The summed E-state index contributed by atoms with van der Waals surface area (Å²) >= 11 is 3.82. The van der Waals surface area contributed by atoms with Crippen molar-refractivity contribution in [2.45, 2.75) is 69.2 Å². The first kappa shape index (κ1) is 23.1. The van der Waals surface area contributed by atoms with E-state index in [1.54, 1.807) is 0 Å².